The fraction of sp³-hybridized carbons (Fsp3) is 0.462. The van der Waals surface area contributed by atoms with E-state index in [0.29, 0.717) is 23.1 Å². The minimum Gasteiger partial charge on any atom is -0.492 e. The number of carbonyl (C=O) groups excluding carboxylic acids is 1. The molecule has 0 bridgehead atoms. The van der Waals surface area contributed by atoms with Crippen molar-refractivity contribution in [2.24, 2.45) is 0 Å². The first-order valence-electron chi connectivity index (χ1n) is 12.1. The van der Waals surface area contributed by atoms with Crippen LogP contribution in [0.15, 0.2) is 42.5 Å². The van der Waals surface area contributed by atoms with Crippen molar-refractivity contribution in [2.75, 3.05) is 44.8 Å². The zero-order valence-corrected chi connectivity index (χ0v) is 22.7. The predicted molar refractivity (Wildman–Crippen MR) is 142 cm³/mol. The Morgan fingerprint density at radius 2 is 1.76 bits per heavy atom. The largest absolute Gasteiger partial charge is 0.492 e. The fourth-order valence-electron chi connectivity index (χ4n) is 3.23. The van der Waals surface area contributed by atoms with Gasteiger partial charge in [-0.15, -0.1) is 0 Å². The fourth-order valence-corrected chi connectivity index (χ4v) is 3.68. The predicted octanol–water partition coefficient (Wildman–Crippen LogP) is 6.00. The van der Waals surface area contributed by atoms with E-state index in [0.717, 1.165) is 5.56 Å². The van der Waals surface area contributed by atoms with Crippen molar-refractivity contribution >= 4 is 40.9 Å². The summed E-state index contributed by atoms with van der Waals surface area (Å²) in [6.07, 6.45) is -1.07. The molecule has 0 spiro atoms. The third-order valence-corrected chi connectivity index (χ3v) is 5.96. The highest BCUT2D eigenvalue weighted by Crippen LogP contribution is 2.25. The van der Waals surface area contributed by atoms with Gasteiger partial charge in [0.1, 0.15) is 19.0 Å². The number of aliphatic carboxylic acids is 1. The molecule has 38 heavy (non-hydrogen) atoms. The Kier molecular flexibility index (Phi) is 13.0. The van der Waals surface area contributed by atoms with Gasteiger partial charge in [0.15, 0.2) is 6.10 Å². The van der Waals surface area contributed by atoms with Gasteiger partial charge < -0.3 is 29.5 Å². The van der Waals surface area contributed by atoms with Crippen molar-refractivity contribution in [1.29, 1.82) is 0 Å². The molecule has 1 atom stereocenters. The molecule has 1 unspecified atom stereocenters. The van der Waals surface area contributed by atoms with E-state index in [1.165, 1.54) is 17.9 Å². The molecule has 0 aliphatic rings. The molecule has 0 aliphatic heterocycles. The second kappa shape index (κ2) is 15.7. The lowest BCUT2D eigenvalue weighted by atomic mass is 10.1. The van der Waals surface area contributed by atoms with Gasteiger partial charge in [-0.3, -0.25) is 0 Å². The zero-order valence-electron chi connectivity index (χ0n) is 21.2. The van der Waals surface area contributed by atoms with Gasteiger partial charge in [0.25, 0.3) is 5.92 Å². The highest BCUT2D eigenvalue weighted by molar-refractivity contribution is 6.36. The summed E-state index contributed by atoms with van der Waals surface area (Å²) in [5.41, 5.74) is 1.10. The van der Waals surface area contributed by atoms with Crippen molar-refractivity contribution in [3.05, 3.63) is 58.1 Å². The van der Waals surface area contributed by atoms with Crippen LogP contribution in [0, 0.1) is 0 Å². The second-order valence-electron chi connectivity index (χ2n) is 8.28. The van der Waals surface area contributed by atoms with Gasteiger partial charge in [-0.05, 0) is 42.8 Å². The molecule has 2 rings (SSSR count). The third kappa shape index (κ3) is 11.0. The average molecular weight is 577 g/mol. The molecule has 2 aromatic rings. The summed E-state index contributed by atoms with van der Waals surface area (Å²) in [4.78, 5) is 25.5. The Morgan fingerprint density at radius 1 is 1.08 bits per heavy atom. The van der Waals surface area contributed by atoms with E-state index in [2.05, 4.69) is 5.32 Å². The van der Waals surface area contributed by atoms with Gasteiger partial charge in [0, 0.05) is 31.0 Å². The molecule has 0 fully saturated rings. The standard InChI is InChI=1S/C26H32Cl2F2N2O6/c1-3-26(29,30)17-36-13-11-32(25(35)31-22-10-7-19(27)16-21(22)28)12-14-38-20-8-5-18(6-9-20)15-23(24(33)34)37-4-2/h5-10,16,23H,3-4,11-15,17H2,1-2H3,(H,31,35)(H,33,34). The number of benzene rings is 2. The lowest BCUT2D eigenvalue weighted by Crippen LogP contribution is -2.40. The van der Waals surface area contributed by atoms with E-state index in [9.17, 15) is 23.5 Å². The van der Waals surface area contributed by atoms with Gasteiger partial charge >= 0.3 is 12.0 Å². The van der Waals surface area contributed by atoms with Crippen LogP contribution in [0.3, 0.4) is 0 Å². The lowest BCUT2D eigenvalue weighted by Gasteiger charge is -2.24. The van der Waals surface area contributed by atoms with Crippen LogP contribution in [0.2, 0.25) is 10.0 Å². The van der Waals surface area contributed by atoms with Gasteiger partial charge in [-0.25, -0.2) is 18.4 Å². The van der Waals surface area contributed by atoms with Crippen LogP contribution in [-0.4, -0.2) is 73.6 Å². The first-order chi connectivity index (χ1) is 18.0. The first-order valence-corrected chi connectivity index (χ1v) is 12.8. The monoisotopic (exact) mass is 576 g/mol. The minimum atomic E-state index is -2.94. The van der Waals surface area contributed by atoms with Crippen molar-refractivity contribution < 1.29 is 37.7 Å². The Hall–Kier alpha value is -2.66. The number of carboxylic acids is 1. The van der Waals surface area contributed by atoms with Crippen LogP contribution < -0.4 is 10.1 Å². The summed E-state index contributed by atoms with van der Waals surface area (Å²) in [5, 5.41) is 12.6. The van der Waals surface area contributed by atoms with Crippen LogP contribution in [0.5, 0.6) is 5.75 Å². The molecule has 0 aromatic heterocycles. The van der Waals surface area contributed by atoms with Crippen LogP contribution in [0.4, 0.5) is 19.3 Å². The third-order valence-electron chi connectivity index (χ3n) is 5.41. The van der Waals surface area contributed by atoms with Crippen molar-refractivity contribution in [1.82, 2.24) is 4.90 Å². The van der Waals surface area contributed by atoms with Crippen LogP contribution in [-0.2, 0) is 20.7 Å². The van der Waals surface area contributed by atoms with E-state index >= 15 is 0 Å². The van der Waals surface area contributed by atoms with Gasteiger partial charge in [0.05, 0.1) is 23.9 Å². The number of rotatable bonds is 16. The highest BCUT2D eigenvalue weighted by atomic mass is 35.5. The number of hydrogen-bond acceptors (Lipinski definition) is 5. The van der Waals surface area contributed by atoms with Crippen molar-refractivity contribution in [3.8, 4) is 5.75 Å². The van der Waals surface area contributed by atoms with Crippen molar-refractivity contribution in [2.45, 2.75) is 38.7 Å². The Morgan fingerprint density at radius 3 is 2.37 bits per heavy atom. The van der Waals surface area contributed by atoms with E-state index in [-0.39, 0.29) is 44.2 Å². The maximum Gasteiger partial charge on any atom is 0.333 e. The number of hydrogen-bond donors (Lipinski definition) is 2. The Bertz CT molecular complexity index is 1040. The van der Waals surface area contributed by atoms with E-state index in [1.807, 2.05) is 0 Å². The minimum absolute atomic E-state index is 0.0349. The lowest BCUT2D eigenvalue weighted by molar-refractivity contribution is -0.149. The van der Waals surface area contributed by atoms with Gasteiger partial charge in [-0.1, -0.05) is 42.3 Å². The number of carbonyl (C=O) groups is 2. The number of urea groups is 1. The van der Waals surface area contributed by atoms with Gasteiger partial charge in [-0.2, -0.15) is 0 Å². The normalized spacial score (nSPS) is 12.2. The molecule has 8 nitrogen and oxygen atoms in total. The topological polar surface area (TPSA) is 97.3 Å². The number of nitrogens with one attached hydrogen (secondary N) is 1. The van der Waals surface area contributed by atoms with Gasteiger partial charge in [0.2, 0.25) is 0 Å². The maximum absolute atomic E-state index is 13.5. The molecule has 0 aliphatic carbocycles. The number of ether oxygens (including phenoxy) is 3. The molecular weight excluding hydrogens is 545 g/mol. The Labute approximate surface area is 230 Å². The Balaban J connectivity index is 1.96. The molecule has 0 saturated heterocycles. The average Bonchev–Trinajstić information content (AvgIpc) is 2.87. The molecule has 2 aromatic carbocycles. The van der Waals surface area contributed by atoms with Crippen LogP contribution in [0.1, 0.15) is 25.8 Å². The van der Waals surface area contributed by atoms with Crippen LogP contribution >= 0.6 is 23.2 Å². The summed E-state index contributed by atoms with van der Waals surface area (Å²) < 4.78 is 43.0. The first kappa shape index (κ1) is 31.6. The molecule has 12 heteroatoms. The molecule has 2 N–H and O–H groups in total. The van der Waals surface area contributed by atoms with E-state index in [1.54, 1.807) is 43.3 Å². The van der Waals surface area contributed by atoms with E-state index < -0.39 is 30.6 Å². The molecular formula is C26H32Cl2F2N2O6. The van der Waals surface area contributed by atoms with E-state index in [4.69, 9.17) is 37.4 Å². The summed E-state index contributed by atoms with van der Waals surface area (Å²) in [7, 11) is 0. The maximum atomic E-state index is 13.5. The van der Waals surface area contributed by atoms with Crippen molar-refractivity contribution in [3.63, 3.8) is 0 Å². The number of anilines is 1. The number of nitrogens with zero attached hydrogens (tertiary/aromatic N) is 1. The molecule has 210 valence electrons. The zero-order chi connectivity index (χ0) is 28.1. The summed E-state index contributed by atoms with van der Waals surface area (Å²) in [5.74, 6) is -3.46. The quantitative estimate of drug-likeness (QED) is 0.238. The molecule has 2 amide bonds. The summed E-state index contributed by atoms with van der Waals surface area (Å²) in [6, 6.07) is 10.9. The highest BCUT2D eigenvalue weighted by Gasteiger charge is 2.26. The van der Waals surface area contributed by atoms with Crippen LogP contribution in [0.25, 0.3) is 0 Å². The molecule has 0 radical (unpaired) electrons. The molecule has 0 heterocycles. The summed E-state index contributed by atoms with van der Waals surface area (Å²) >= 11 is 12.0. The summed E-state index contributed by atoms with van der Waals surface area (Å²) in [6.45, 7) is 2.80. The smallest absolute Gasteiger partial charge is 0.333 e. The number of amides is 2. The number of carboxylic acid groups (broad SMARTS) is 1. The molecule has 0 saturated carbocycles. The number of alkyl halides is 2. The second-order valence-corrected chi connectivity index (χ2v) is 9.13. The SMILES string of the molecule is CCOC(Cc1ccc(OCCN(CCOCC(F)(F)CC)C(=O)Nc2ccc(Cl)cc2Cl)cc1)C(=O)O. The number of halogens is 4.